The van der Waals surface area contributed by atoms with Gasteiger partial charge in [0.15, 0.2) is 11.6 Å². The number of nitrogens with zero attached hydrogens (tertiary/aromatic N) is 2. The zero-order chi connectivity index (χ0) is 14.7. The van der Waals surface area contributed by atoms with Gasteiger partial charge in [-0.05, 0) is 13.3 Å². The number of hydrogen-bond acceptors (Lipinski definition) is 2. The average Bonchev–Trinajstić information content (AvgIpc) is 2.81. The van der Waals surface area contributed by atoms with E-state index in [1.807, 2.05) is 0 Å². The molecular formula is C15H20ClFN2O. The van der Waals surface area contributed by atoms with Crippen molar-refractivity contribution in [1.29, 1.82) is 0 Å². The van der Waals surface area contributed by atoms with Crippen molar-refractivity contribution in [3.63, 3.8) is 0 Å². The van der Waals surface area contributed by atoms with Crippen LogP contribution in [0.1, 0.15) is 45.0 Å². The third-order valence-electron chi connectivity index (χ3n) is 3.57. The van der Waals surface area contributed by atoms with E-state index in [0.29, 0.717) is 11.4 Å². The topological polar surface area (TPSA) is 27.1 Å². The van der Waals surface area contributed by atoms with Crippen molar-refractivity contribution in [2.75, 3.05) is 7.11 Å². The SMILES string of the molecule is CCCCC(C)n1c(CCl)nc2cc(F)c(OC)cc21. The van der Waals surface area contributed by atoms with Crippen LogP contribution in [-0.2, 0) is 5.88 Å². The van der Waals surface area contributed by atoms with Crippen LogP contribution in [0, 0.1) is 5.82 Å². The smallest absolute Gasteiger partial charge is 0.167 e. The fraction of sp³-hybridized carbons (Fsp3) is 0.533. The van der Waals surface area contributed by atoms with E-state index in [9.17, 15) is 4.39 Å². The van der Waals surface area contributed by atoms with Gasteiger partial charge in [0.1, 0.15) is 5.82 Å². The summed E-state index contributed by atoms with van der Waals surface area (Å²) in [7, 11) is 1.47. The summed E-state index contributed by atoms with van der Waals surface area (Å²) >= 11 is 5.99. The summed E-state index contributed by atoms with van der Waals surface area (Å²) in [5, 5.41) is 0. The monoisotopic (exact) mass is 298 g/mol. The molecule has 1 heterocycles. The van der Waals surface area contributed by atoms with Crippen LogP contribution in [0.15, 0.2) is 12.1 Å². The highest BCUT2D eigenvalue weighted by molar-refractivity contribution is 6.16. The van der Waals surface area contributed by atoms with E-state index in [0.717, 1.165) is 30.6 Å². The highest BCUT2D eigenvalue weighted by atomic mass is 35.5. The Labute approximate surface area is 123 Å². The van der Waals surface area contributed by atoms with Gasteiger partial charge in [0.2, 0.25) is 0 Å². The third-order valence-corrected chi connectivity index (χ3v) is 3.81. The van der Waals surface area contributed by atoms with E-state index in [1.165, 1.54) is 13.2 Å². The van der Waals surface area contributed by atoms with Gasteiger partial charge in [0.05, 0.1) is 24.0 Å². The molecule has 1 atom stereocenters. The molecule has 0 fully saturated rings. The minimum absolute atomic E-state index is 0.238. The number of methoxy groups -OCH3 is 1. The van der Waals surface area contributed by atoms with E-state index in [1.54, 1.807) is 6.07 Å². The third kappa shape index (κ3) is 2.75. The summed E-state index contributed by atoms with van der Waals surface area (Å²) in [5.41, 5.74) is 1.50. The molecule has 0 aliphatic rings. The molecule has 0 spiro atoms. The normalized spacial score (nSPS) is 12.8. The summed E-state index contributed by atoms with van der Waals surface area (Å²) in [6.45, 7) is 4.31. The molecule has 0 aliphatic carbocycles. The quantitative estimate of drug-likeness (QED) is 0.724. The maximum Gasteiger partial charge on any atom is 0.167 e. The van der Waals surface area contributed by atoms with Crippen LogP contribution in [0.4, 0.5) is 4.39 Å². The van der Waals surface area contributed by atoms with Crippen molar-refractivity contribution in [3.8, 4) is 5.75 Å². The Morgan fingerprint density at radius 2 is 2.20 bits per heavy atom. The Kier molecular flexibility index (Phi) is 4.86. The van der Waals surface area contributed by atoms with Crippen LogP contribution in [-0.4, -0.2) is 16.7 Å². The molecule has 1 aromatic heterocycles. The Morgan fingerprint density at radius 1 is 1.45 bits per heavy atom. The number of unbranched alkanes of at least 4 members (excludes halogenated alkanes) is 1. The summed E-state index contributed by atoms with van der Waals surface area (Å²) in [4.78, 5) is 4.43. The van der Waals surface area contributed by atoms with Gasteiger partial charge in [-0.1, -0.05) is 19.8 Å². The Bertz CT molecular complexity index is 597. The molecule has 2 rings (SSSR count). The lowest BCUT2D eigenvalue weighted by molar-refractivity contribution is 0.387. The molecule has 0 bridgehead atoms. The van der Waals surface area contributed by atoms with E-state index in [4.69, 9.17) is 16.3 Å². The van der Waals surface area contributed by atoms with E-state index in [-0.39, 0.29) is 11.8 Å². The van der Waals surface area contributed by atoms with Crippen LogP contribution in [0.3, 0.4) is 0 Å². The van der Waals surface area contributed by atoms with Gasteiger partial charge >= 0.3 is 0 Å². The van der Waals surface area contributed by atoms with Gasteiger partial charge in [-0.2, -0.15) is 0 Å². The fourth-order valence-electron chi connectivity index (χ4n) is 2.52. The number of hydrogen-bond donors (Lipinski definition) is 0. The predicted molar refractivity (Wildman–Crippen MR) is 80.0 cm³/mol. The number of fused-ring (bicyclic) bond motifs is 1. The first-order valence-electron chi connectivity index (χ1n) is 6.92. The van der Waals surface area contributed by atoms with Gasteiger partial charge in [0.25, 0.3) is 0 Å². The number of rotatable bonds is 6. The van der Waals surface area contributed by atoms with Crippen molar-refractivity contribution in [2.45, 2.75) is 45.0 Å². The number of imidazole rings is 1. The molecule has 1 aromatic carbocycles. The first kappa shape index (κ1) is 15.1. The zero-order valence-electron chi connectivity index (χ0n) is 12.1. The van der Waals surface area contributed by atoms with Crippen LogP contribution < -0.4 is 4.74 Å². The molecule has 0 N–H and O–H groups in total. The second-order valence-corrected chi connectivity index (χ2v) is 5.27. The fourth-order valence-corrected chi connectivity index (χ4v) is 2.71. The van der Waals surface area contributed by atoms with Crippen molar-refractivity contribution in [3.05, 3.63) is 23.8 Å². The molecule has 3 nitrogen and oxygen atoms in total. The molecule has 20 heavy (non-hydrogen) atoms. The standard InChI is InChI=1S/C15H20ClFN2O/c1-4-5-6-10(2)19-13-8-14(20-3)11(17)7-12(13)18-15(19)9-16/h7-8,10H,4-6,9H2,1-3H3. The number of halogens is 2. The zero-order valence-corrected chi connectivity index (χ0v) is 12.9. The summed E-state index contributed by atoms with van der Waals surface area (Å²) in [6.07, 6.45) is 3.33. The summed E-state index contributed by atoms with van der Waals surface area (Å²) in [5.74, 6) is 0.932. The van der Waals surface area contributed by atoms with Crippen molar-refractivity contribution < 1.29 is 9.13 Å². The van der Waals surface area contributed by atoms with Crippen molar-refractivity contribution >= 4 is 22.6 Å². The predicted octanol–water partition coefficient (Wildman–Crippen LogP) is 4.67. The number of benzene rings is 1. The van der Waals surface area contributed by atoms with Crippen LogP contribution >= 0.6 is 11.6 Å². The molecule has 2 aromatic rings. The number of aromatic nitrogens is 2. The second kappa shape index (κ2) is 6.44. The number of alkyl halides is 1. The van der Waals surface area contributed by atoms with Crippen LogP contribution in [0.25, 0.3) is 11.0 Å². The van der Waals surface area contributed by atoms with E-state index < -0.39 is 5.82 Å². The highest BCUT2D eigenvalue weighted by Gasteiger charge is 2.17. The molecule has 5 heteroatoms. The Morgan fingerprint density at radius 3 is 2.80 bits per heavy atom. The van der Waals surface area contributed by atoms with Crippen LogP contribution in [0.5, 0.6) is 5.75 Å². The molecule has 110 valence electrons. The van der Waals surface area contributed by atoms with E-state index >= 15 is 0 Å². The maximum absolute atomic E-state index is 13.8. The lowest BCUT2D eigenvalue weighted by atomic mass is 10.1. The first-order chi connectivity index (χ1) is 9.62. The molecule has 0 amide bonds. The largest absolute Gasteiger partial charge is 0.494 e. The first-order valence-corrected chi connectivity index (χ1v) is 7.46. The minimum Gasteiger partial charge on any atom is -0.494 e. The van der Waals surface area contributed by atoms with Gasteiger partial charge < -0.3 is 9.30 Å². The summed E-state index contributed by atoms with van der Waals surface area (Å²) < 4.78 is 20.9. The highest BCUT2D eigenvalue weighted by Crippen LogP contribution is 2.30. The Balaban J connectivity index is 2.54. The Hall–Kier alpha value is -1.29. The lowest BCUT2D eigenvalue weighted by Gasteiger charge is -2.17. The molecule has 0 radical (unpaired) electrons. The van der Waals surface area contributed by atoms with Crippen molar-refractivity contribution in [1.82, 2.24) is 9.55 Å². The lowest BCUT2D eigenvalue weighted by Crippen LogP contribution is -2.08. The van der Waals surface area contributed by atoms with E-state index in [2.05, 4.69) is 23.4 Å². The molecule has 0 saturated heterocycles. The second-order valence-electron chi connectivity index (χ2n) is 5.00. The van der Waals surface area contributed by atoms with Crippen molar-refractivity contribution in [2.24, 2.45) is 0 Å². The van der Waals surface area contributed by atoms with Gasteiger partial charge in [-0.3, -0.25) is 0 Å². The van der Waals surface area contributed by atoms with Gasteiger partial charge in [-0.25, -0.2) is 9.37 Å². The molecule has 0 saturated carbocycles. The summed E-state index contributed by atoms with van der Waals surface area (Å²) in [6, 6.07) is 3.40. The van der Waals surface area contributed by atoms with Gasteiger partial charge in [-0.15, -0.1) is 11.6 Å². The maximum atomic E-state index is 13.8. The minimum atomic E-state index is -0.396. The van der Waals surface area contributed by atoms with Crippen LogP contribution in [0.2, 0.25) is 0 Å². The number of ether oxygens (including phenoxy) is 1. The molecule has 0 aliphatic heterocycles. The van der Waals surface area contributed by atoms with Gasteiger partial charge in [0, 0.05) is 18.2 Å². The average molecular weight is 299 g/mol. The molecule has 1 unspecified atom stereocenters. The molecular weight excluding hydrogens is 279 g/mol.